The second-order valence-corrected chi connectivity index (χ2v) is 5.41. The Morgan fingerprint density at radius 3 is 2.75 bits per heavy atom. The van der Waals surface area contributed by atoms with Gasteiger partial charge in [0.2, 0.25) is 0 Å². The molecule has 1 N–H and O–H groups in total. The molecule has 0 saturated heterocycles. The van der Waals surface area contributed by atoms with Gasteiger partial charge in [-0.1, -0.05) is 12.8 Å². The van der Waals surface area contributed by atoms with E-state index in [0.717, 1.165) is 18.1 Å². The lowest BCUT2D eigenvalue weighted by molar-refractivity contribution is 0.466. The lowest BCUT2D eigenvalue weighted by atomic mass is 10.2. The summed E-state index contributed by atoms with van der Waals surface area (Å²) < 4.78 is 4.01. The molecule has 1 aliphatic rings. The van der Waals surface area contributed by atoms with Crippen molar-refractivity contribution in [3.63, 3.8) is 0 Å². The van der Waals surface area contributed by atoms with Crippen LogP contribution in [0, 0.1) is 6.92 Å². The molecule has 0 atom stereocenters. The zero-order chi connectivity index (χ0) is 13.2. The minimum Gasteiger partial charge on any atom is -0.366 e. The van der Waals surface area contributed by atoms with Gasteiger partial charge in [-0.05, 0) is 19.8 Å². The van der Waals surface area contributed by atoms with Crippen molar-refractivity contribution < 1.29 is 0 Å². The van der Waals surface area contributed by atoms with E-state index >= 15 is 0 Å². The third-order valence-electron chi connectivity index (χ3n) is 3.83. The van der Waals surface area contributed by atoms with Crippen molar-refractivity contribution in [1.29, 1.82) is 0 Å². The Labute approximate surface area is 125 Å². The van der Waals surface area contributed by atoms with Crippen LogP contribution in [0.25, 0.3) is 0 Å². The van der Waals surface area contributed by atoms with Crippen LogP contribution in [0.4, 0.5) is 5.82 Å². The predicted octanol–water partition coefficient (Wildman–Crippen LogP) is 3.07. The van der Waals surface area contributed by atoms with Gasteiger partial charge in [-0.25, -0.2) is 0 Å². The Hall–Kier alpha value is -1.49. The normalized spacial score (nSPS) is 15.3. The van der Waals surface area contributed by atoms with E-state index in [1.165, 1.54) is 31.2 Å². The molecule has 0 aromatic carbocycles. The number of hydrogen-bond acceptors (Lipinski definition) is 3. The monoisotopic (exact) mass is 295 g/mol. The van der Waals surface area contributed by atoms with Crippen LogP contribution in [0.5, 0.6) is 0 Å². The van der Waals surface area contributed by atoms with Gasteiger partial charge in [-0.2, -0.15) is 10.2 Å². The Bertz CT molecular complexity index is 554. The SMILES string of the molecule is Cc1cc(NCc2cnn(C3CCCC3)c2)n(C)n1.Cl. The van der Waals surface area contributed by atoms with Crippen molar-refractivity contribution in [3.05, 3.63) is 29.7 Å². The van der Waals surface area contributed by atoms with Crippen LogP contribution in [-0.2, 0) is 13.6 Å². The molecule has 0 unspecified atom stereocenters. The highest BCUT2D eigenvalue weighted by Gasteiger charge is 2.17. The molecule has 0 bridgehead atoms. The molecule has 0 amide bonds. The van der Waals surface area contributed by atoms with Crippen molar-refractivity contribution in [2.45, 2.75) is 45.2 Å². The average Bonchev–Trinajstić information content (AvgIpc) is 3.07. The molecule has 1 saturated carbocycles. The standard InChI is InChI=1S/C14H21N5.ClH/c1-11-7-14(18(2)17-11)15-8-12-9-16-19(10-12)13-5-3-4-6-13;/h7,9-10,13,15H,3-6,8H2,1-2H3;1H. The van der Waals surface area contributed by atoms with Gasteiger partial charge in [0.05, 0.1) is 17.9 Å². The predicted molar refractivity (Wildman–Crippen MR) is 82.3 cm³/mol. The Morgan fingerprint density at radius 1 is 1.35 bits per heavy atom. The summed E-state index contributed by atoms with van der Waals surface area (Å²) in [5.41, 5.74) is 2.26. The maximum Gasteiger partial charge on any atom is 0.124 e. The van der Waals surface area contributed by atoms with E-state index in [1.54, 1.807) is 0 Å². The maximum atomic E-state index is 4.49. The molecular weight excluding hydrogens is 274 g/mol. The first-order valence-electron chi connectivity index (χ1n) is 7.00. The van der Waals surface area contributed by atoms with Crippen molar-refractivity contribution in [2.24, 2.45) is 7.05 Å². The van der Waals surface area contributed by atoms with Crippen LogP contribution in [0.15, 0.2) is 18.5 Å². The number of halogens is 1. The summed E-state index contributed by atoms with van der Waals surface area (Å²) in [5, 5.41) is 12.2. The first-order valence-corrected chi connectivity index (χ1v) is 7.00. The molecule has 2 aromatic heterocycles. The van der Waals surface area contributed by atoms with Crippen molar-refractivity contribution in [2.75, 3.05) is 5.32 Å². The molecule has 1 fully saturated rings. The zero-order valence-corrected chi connectivity index (χ0v) is 12.9. The summed E-state index contributed by atoms with van der Waals surface area (Å²) in [6.07, 6.45) is 9.37. The molecule has 0 aliphatic heterocycles. The van der Waals surface area contributed by atoms with Gasteiger partial charge in [-0.3, -0.25) is 9.36 Å². The van der Waals surface area contributed by atoms with Crippen molar-refractivity contribution >= 4 is 18.2 Å². The molecule has 2 aromatic rings. The topological polar surface area (TPSA) is 47.7 Å². The number of anilines is 1. The van der Waals surface area contributed by atoms with Crippen LogP contribution in [-0.4, -0.2) is 19.6 Å². The first-order chi connectivity index (χ1) is 9.22. The summed E-state index contributed by atoms with van der Waals surface area (Å²) in [6.45, 7) is 2.80. The van der Waals surface area contributed by atoms with Gasteiger partial charge < -0.3 is 5.32 Å². The van der Waals surface area contributed by atoms with Crippen LogP contribution < -0.4 is 5.32 Å². The molecule has 110 valence electrons. The average molecular weight is 296 g/mol. The summed E-state index contributed by atoms with van der Waals surface area (Å²) >= 11 is 0. The molecule has 5 nitrogen and oxygen atoms in total. The number of nitrogens with zero attached hydrogens (tertiary/aromatic N) is 4. The Balaban J connectivity index is 0.00000147. The summed E-state index contributed by atoms with van der Waals surface area (Å²) in [6, 6.07) is 2.68. The second kappa shape index (κ2) is 6.31. The quantitative estimate of drug-likeness (QED) is 0.943. The number of nitrogens with one attached hydrogen (secondary N) is 1. The molecule has 0 radical (unpaired) electrons. The minimum atomic E-state index is 0. The van der Waals surface area contributed by atoms with Crippen LogP contribution >= 0.6 is 12.4 Å². The lowest BCUT2D eigenvalue weighted by Crippen LogP contribution is -2.05. The van der Waals surface area contributed by atoms with E-state index in [-0.39, 0.29) is 12.4 Å². The fourth-order valence-electron chi connectivity index (χ4n) is 2.81. The van der Waals surface area contributed by atoms with Gasteiger partial charge in [-0.15, -0.1) is 12.4 Å². The fraction of sp³-hybridized carbons (Fsp3) is 0.571. The number of aryl methyl sites for hydroxylation is 2. The molecule has 2 heterocycles. The van der Waals surface area contributed by atoms with E-state index in [1.807, 2.05) is 24.9 Å². The summed E-state index contributed by atoms with van der Waals surface area (Å²) in [5.74, 6) is 1.05. The minimum absolute atomic E-state index is 0. The third-order valence-corrected chi connectivity index (χ3v) is 3.83. The van der Waals surface area contributed by atoms with Gasteiger partial charge >= 0.3 is 0 Å². The van der Waals surface area contributed by atoms with Crippen LogP contribution in [0.3, 0.4) is 0 Å². The number of aromatic nitrogens is 4. The van der Waals surface area contributed by atoms with Gasteiger partial charge in [0.1, 0.15) is 5.82 Å². The molecule has 3 rings (SSSR count). The van der Waals surface area contributed by atoms with Gasteiger partial charge in [0, 0.05) is 31.4 Å². The van der Waals surface area contributed by atoms with E-state index in [4.69, 9.17) is 0 Å². The first kappa shape index (κ1) is 14.9. The second-order valence-electron chi connectivity index (χ2n) is 5.41. The van der Waals surface area contributed by atoms with E-state index in [9.17, 15) is 0 Å². The smallest absolute Gasteiger partial charge is 0.124 e. The van der Waals surface area contributed by atoms with Crippen molar-refractivity contribution in [1.82, 2.24) is 19.6 Å². The summed E-state index contributed by atoms with van der Waals surface area (Å²) in [4.78, 5) is 0. The third kappa shape index (κ3) is 3.15. The zero-order valence-electron chi connectivity index (χ0n) is 12.0. The Kier molecular flexibility index (Phi) is 4.70. The van der Waals surface area contributed by atoms with Gasteiger partial charge in [0.25, 0.3) is 0 Å². The van der Waals surface area contributed by atoms with E-state index in [2.05, 4.69) is 32.5 Å². The highest BCUT2D eigenvalue weighted by Crippen LogP contribution is 2.28. The lowest BCUT2D eigenvalue weighted by Gasteiger charge is -2.08. The Morgan fingerprint density at radius 2 is 2.10 bits per heavy atom. The molecule has 20 heavy (non-hydrogen) atoms. The number of hydrogen-bond donors (Lipinski definition) is 1. The van der Waals surface area contributed by atoms with Crippen molar-refractivity contribution in [3.8, 4) is 0 Å². The maximum absolute atomic E-state index is 4.49. The van der Waals surface area contributed by atoms with Crippen LogP contribution in [0.2, 0.25) is 0 Å². The van der Waals surface area contributed by atoms with E-state index in [0.29, 0.717) is 6.04 Å². The molecule has 6 heteroatoms. The molecule has 1 aliphatic carbocycles. The fourth-order valence-corrected chi connectivity index (χ4v) is 2.81. The number of rotatable bonds is 4. The summed E-state index contributed by atoms with van der Waals surface area (Å²) in [7, 11) is 1.96. The van der Waals surface area contributed by atoms with Gasteiger partial charge in [0.15, 0.2) is 0 Å². The van der Waals surface area contributed by atoms with E-state index < -0.39 is 0 Å². The highest BCUT2D eigenvalue weighted by atomic mass is 35.5. The molecule has 0 spiro atoms. The largest absolute Gasteiger partial charge is 0.366 e. The molecular formula is C14H22ClN5. The van der Waals surface area contributed by atoms with Crippen LogP contribution in [0.1, 0.15) is 43.0 Å². The highest BCUT2D eigenvalue weighted by molar-refractivity contribution is 5.85.